The summed E-state index contributed by atoms with van der Waals surface area (Å²) < 4.78 is 6.10. The van der Waals surface area contributed by atoms with Crippen molar-refractivity contribution in [2.24, 2.45) is 0 Å². The van der Waals surface area contributed by atoms with E-state index in [0.29, 0.717) is 21.3 Å². The molecule has 0 amide bonds. The molecule has 21 heavy (non-hydrogen) atoms. The first-order valence-electron chi connectivity index (χ1n) is 5.68. The average Bonchev–Trinajstić information content (AvgIpc) is 2.91. The number of hydrogen-bond donors (Lipinski definition) is 1. The molecule has 0 unspecified atom stereocenters. The Kier molecular flexibility index (Phi) is 4.01. The summed E-state index contributed by atoms with van der Waals surface area (Å²) in [5.41, 5.74) is 0.812. The van der Waals surface area contributed by atoms with E-state index in [1.165, 1.54) is 6.20 Å². The first kappa shape index (κ1) is 14.6. The molecule has 0 bridgehead atoms. The molecule has 0 fully saturated rings. The highest BCUT2D eigenvalue weighted by molar-refractivity contribution is 14.1. The molecule has 0 aliphatic rings. The van der Waals surface area contributed by atoms with E-state index in [9.17, 15) is 5.11 Å². The second-order valence-electron chi connectivity index (χ2n) is 4.07. The van der Waals surface area contributed by atoms with Crippen LogP contribution in [0.2, 0.25) is 10.0 Å². The van der Waals surface area contributed by atoms with Crippen molar-refractivity contribution in [2.75, 3.05) is 0 Å². The number of pyridine rings is 1. The van der Waals surface area contributed by atoms with Crippen LogP contribution in [0.25, 0.3) is 23.0 Å². The van der Waals surface area contributed by atoms with Crippen LogP contribution in [0.4, 0.5) is 0 Å². The molecule has 0 spiro atoms. The van der Waals surface area contributed by atoms with Crippen LogP contribution in [-0.2, 0) is 0 Å². The van der Waals surface area contributed by atoms with Crippen molar-refractivity contribution in [2.45, 2.75) is 0 Å². The Balaban J connectivity index is 2.06. The van der Waals surface area contributed by atoms with Gasteiger partial charge in [0.05, 0.1) is 15.6 Å². The molecule has 0 saturated heterocycles. The van der Waals surface area contributed by atoms with Crippen LogP contribution in [0.1, 0.15) is 0 Å². The zero-order valence-corrected chi connectivity index (χ0v) is 13.9. The molecule has 0 radical (unpaired) electrons. The highest BCUT2D eigenvalue weighted by Gasteiger charge is 2.17. The minimum atomic E-state index is 0.0563. The fourth-order valence-electron chi connectivity index (χ4n) is 1.69. The number of nitrogens with zero attached hydrogens (tertiary/aromatic N) is 3. The van der Waals surface area contributed by atoms with E-state index in [0.717, 1.165) is 3.57 Å². The summed E-state index contributed by atoms with van der Waals surface area (Å²) in [6.07, 6.45) is 1.45. The monoisotopic (exact) mass is 433 g/mol. The second-order valence-corrected chi connectivity index (χ2v) is 6.16. The number of hydrogen-bond acceptors (Lipinski definition) is 5. The van der Waals surface area contributed by atoms with Crippen molar-refractivity contribution in [1.29, 1.82) is 0 Å². The van der Waals surface area contributed by atoms with E-state index in [1.807, 2.05) is 0 Å². The molecule has 8 heteroatoms. The lowest BCUT2D eigenvalue weighted by molar-refractivity contribution is 0.425. The van der Waals surface area contributed by atoms with Gasteiger partial charge in [-0.3, -0.25) is 0 Å². The van der Waals surface area contributed by atoms with Gasteiger partial charge in [-0.1, -0.05) is 28.4 Å². The molecule has 0 saturated carbocycles. The van der Waals surface area contributed by atoms with Gasteiger partial charge in [0.2, 0.25) is 5.82 Å². The van der Waals surface area contributed by atoms with Gasteiger partial charge in [0.15, 0.2) is 0 Å². The second kappa shape index (κ2) is 5.78. The Hall–Kier alpha value is -1.38. The number of rotatable bonds is 2. The van der Waals surface area contributed by atoms with Gasteiger partial charge < -0.3 is 9.63 Å². The summed E-state index contributed by atoms with van der Waals surface area (Å²) in [6.45, 7) is 0. The van der Waals surface area contributed by atoms with E-state index in [2.05, 4.69) is 37.7 Å². The lowest BCUT2D eigenvalue weighted by Crippen LogP contribution is -1.87. The Labute approximate surface area is 143 Å². The van der Waals surface area contributed by atoms with E-state index in [-0.39, 0.29) is 17.5 Å². The topological polar surface area (TPSA) is 72.0 Å². The molecular formula is C13H6Cl2IN3O2. The quantitative estimate of drug-likeness (QED) is 0.606. The van der Waals surface area contributed by atoms with Gasteiger partial charge in [0.1, 0.15) is 11.4 Å². The fraction of sp³-hybridized carbons (Fsp3) is 0. The van der Waals surface area contributed by atoms with Gasteiger partial charge in [0, 0.05) is 9.77 Å². The van der Waals surface area contributed by atoms with Crippen LogP contribution in [0.5, 0.6) is 5.75 Å². The molecule has 2 heterocycles. The summed E-state index contributed by atoms with van der Waals surface area (Å²) in [5, 5.41) is 14.4. The first-order chi connectivity index (χ1) is 10.0. The molecule has 0 aliphatic heterocycles. The van der Waals surface area contributed by atoms with Gasteiger partial charge >= 0.3 is 0 Å². The number of aromatic hydroxyl groups is 1. The van der Waals surface area contributed by atoms with E-state index in [4.69, 9.17) is 27.7 Å². The van der Waals surface area contributed by atoms with Gasteiger partial charge in [-0.25, -0.2) is 4.98 Å². The molecule has 1 aromatic carbocycles. The van der Waals surface area contributed by atoms with E-state index < -0.39 is 0 Å². The zero-order valence-electron chi connectivity index (χ0n) is 10.2. The van der Waals surface area contributed by atoms with E-state index in [1.54, 1.807) is 24.3 Å². The molecular weight excluding hydrogens is 428 g/mol. The van der Waals surface area contributed by atoms with Crippen molar-refractivity contribution in [3.05, 3.63) is 44.1 Å². The number of aromatic nitrogens is 3. The number of phenols is 1. The van der Waals surface area contributed by atoms with Crippen molar-refractivity contribution in [1.82, 2.24) is 15.1 Å². The third-order valence-electron chi connectivity index (χ3n) is 2.63. The Bertz CT molecular complexity index is 823. The largest absolute Gasteiger partial charge is 0.507 e. The summed E-state index contributed by atoms with van der Waals surface area (Å²) in [7, 11) is 0. The number of benzene rings is 1. The normalized spacial score (nSPS) is 10.8. The van der Waals surface area contributed by atoms with Gasteiger partial charge in [0.25, 0.3) is 5.89 Å². The Morgan fingerprint density at radius 1 is 1.19 bits per heavy atom. The summed E-state index contributed by atoms with van der Waals surface area (Å²) in [5.74, 6) is 0.472. The molecule has 2 aromatic heterocycles. The van der Waals surface area contributed by atoms with Crippen LogP contribution in [0, 0.1) is 3.57 Å². The van der Waals surface area contributed by atoms with Crippen molar-refractivity contribution < 1.29 is 9.63 Å². The smallest absolute Gasteiger partial charge is 0.262 e. The maximum Gasteiger partial charge on any atom is 0.262 e. The maximum absolute atomic E-state index is 9.87. The van der Waals surface area contributed by atoms with Gasteiger partial charge in [-0.2, -0.15) is 4.98 Å². The molecule has 106 valence electrons. The molecule has 0 atom stereocenters. The van der Waals surface area contributed by atoms with Crippen LogP contribution in [0.3, 0.4) is 0 Å². The molecule has 3 aromatic rings. The number of phenolic OH excluding ortho intramolecular Hbond substituents is 1. The number of halogens is 3. The molecule has 1 N–H and O–H groups in total. The van der Waals surface area contributed by atoms with Crippen molar-refractivity contribution in [3.8, 4) is 28.7 Å². The zero-order chi connectivity index (χ0) is 15.0. The van der Waals surface area contributed by atoms with Gasteiger partial charge in [-0.15, -0.1) is 0 Å². The summed E-state index contributed by atoms with van der Waals surface area (Å²) >= 11 is 14.0. The van der Waals surface area contributed by atoms with Crippen LogP contribution in [0.15, 0.2) is 35.0 Å². The van der Waals surface area contributed by atoms with E-state index >= 15 is 0 Å². The highest BCUT2D eigenvalue weighted by Crippen LogP contribution is 2.32. The van der Waals surface area contributed by atoms with Gasteiger partial charge in [-0.05, 0) is 46.9 Å². The molecule has 0 aliphatic carbocycles. The SMILES string of the molecule is Oc1ccc(I)cc1-c1nc(-c2ncc(Cl)cc2Cl)no1. The standard InChI is InChI=1S/C13H6Cl2IN3O2/c14-6-3-9(15)11(17-5-6)12-18-13(21-19-12)8-4-7(16)1-2-10(8)20/h1-5,20H. The Morgan fingerprint density at radius 2 is 2.00 bits per heavy atom. The lowest BCUT2D eigenvalue weighted by Gasteiger charge is -1.99. The minimum Gasteiger partial charge on any atom is -0.507 e. The maximum atomic E-state index is 9.87. The summed E-state index contributed by atoms with van der Waals surface area (Å²) in [6, 6.07) is 6.62. The Morgan fingerprint density at radius 3 is 2.76 bits per heavy atom. The first-order valence-corrected chi connectivity index (χ1v) is 7.52. The van der Waals surface area contributed by atoms with Crippen LogP contribution < -0.4 is 0 Å². The fourth-order valence-corrected chi connectivity index (χ4v) is 2.64. The van der Waals surface area contributed by atoms with Crippen molar-refractivity contribution in [3.63, 3.8) is 0 Å². The van der Waals surface area contributed by atoms with Crippen molar-refractivity contribution >= 4 is 45.8 Å². The van der Waals surface area contributed by atoms with Crippen LogP contribution >= 0.6 is 45.8 Å². The minimum absolute atomic E-state index is 0.0563. The highest BCUT2D eigenvalue weighted by atomic mass is 127. The average molecular weight is 434 g/mol. The molecule has 3 rings (SSSR count). The third-order valence-corrected chi connectivity index (χ3v) is 3.80. The predicted molar refractivity (Wildman–Crippen MR) is 87.4 cm³/mol. The molecule has 5 nitrogen and oxygen atoms in total. The predicted octanol–water partition coefficient (Wildman–Crippen LogP) is 4.42. The third kappa shape index (κ3) is 2.97. The van der Waals surface area contributed by atoms with Crippen LogP contribution in [-0.4, -0.2) is 20.2 Å². The summed E-state index contributed by atoms with van der Waals surface area (Å²) in [4.78, 5) is 8.29. The lowest BCUT2D eigenvalue weighted by atomic mass is 10.2.